The van der Waals surface area contributed by atoms with Gasteiger partial charge in [0.05, 0.1) is 6.61 Å². The molecule has 0 N–H and O–H groups in total. The number of allylic oxidation sites excluding steroid dienone is 2. The largest absolute Gasteiger partial charge is 0.493 e. The molecule has 1 atom stereocenters. The molecule has 0 fully saturated rings. The molecule has 4 heteroatoms. The SMILES string of the molecule is CCCCCCCCCOc1ccc(C2=CCC(c3ccc(-c4ccc(C)cc4)c(F)c3F)CC2)c(F)c1. The van der Waals surface area contributed by atoms with Gasteiger partial charge in [-0.25, -0.2) is 13.2 Å². The summed E-state index contributed by atoms with van der Waals surface area (Å²) in [5.74, 6) is -1.46. The van der Waals surface area contributed by atoms with Crippen molar-refractivity contribution in [2.75, 3.05) is 6.61 Å². The lowest BCUT2D eigenvalue weighted by Gasteiger charge is -2.24. The van der Waals surface area contributed by atoms with Gasteiger partial charge in [0.1, 0.15) is 11.6 Å². The molecule has 0 saturated carbocycles. The van der Waals surface area contributed by atoms with Gasteiger partial charge in [0.2, 0.25) is 0 Å². The number of rotatable bonds is 12. The number of benzene rings is 3. The zero-order chi connectivity index (χ0) is 26.9. The molecule has 0 saturated heterocycles. The second kappa shape index (κ2) is 13.7. The summed E-state index contributed by atoms with van der Waals surface area (Å²) in [7, 11) is 0. The van der Waals surface area contributed by atoms with E-state index in [4.69, 9.17) is 4.74 Å². The van der Waals surface area contributed by atoms with E-state index in [9.17, 15) is 8.78 Å². The third-order valence-electron chi connectivity index (χ3n) is 7.63. The van der Waals surface area contributed by atoms with E-state index >= 15 is 4.39 Å². The third-order valence-corrected chi connectivity index (χ3v) is 7.63. The van der Waals surface area contributed by atoms with Crippen LogP contribution in [0.25, 0.3) is 16.7 Å². The van der Waals surface area contributed by atoms with E-state index in [-0.39, 0.29) is 17.3 Å². The summed E-state index contributed by atoms with van der Waals surface area (Å²) >= 11 is 0. The van der Waals surface area contributed by atoms with Crippen LogP contribution in [0.5, 0.6) is 5.75 Å². The highest BCUT2D eigenvalue weighted by Crippen LogP contribution is 2.39. The van der Waals surface area contributed by atoms with Gasteiger partial charge in [-0.15, -0.1) is 0 Å². The van der Waals surface area contributed by atoms with Crippen LogP contribution in [-0.4, -0.2) is 6.61 Å². The summed E-state index contributed by atoms with van der Waals surface area (Å²) < 4.78 is 50.8. The van der Waals surface area contributed by atoms with Crippen LogP contribution in [-0.2, 0) is 0 Å². The molecular weight excluding hydrogens is 481 g/mol. The predicted octanol–water partition coefficient (Wildman–Crippen LogP) is 10.6. The van der Waals surface area contributed by atoms with E-state index in [1.54, 1.807) is 18.2 Å². The van der Waals surface area contributed by atoms with E-state index in [0.29, 0.717) is 48.3 Å². The van der Waals surface area contributed by atoms with Crippen molar-refractivity contribution >= 4 is 5.57 Å². The molecule has 1 aliphatic carbocycles. The quantitative estimate of drug-likeness (QED) is 0.216. The summed E-state index contributed by atoms with van der Waals surface area (Å²) in [6.45, 7) is 4.78. The topological polar surface area (TPSA) is 9.23 Å². The van der Waals surface area contributed by atoms with Crippen LogP contribution in [0.15, 0.2) is 60.7 Å². The lowest BCUT2D eigenvalue weighted by atomic mass is 9.82. The highest BCUT2D eigenvalue weighted by molar-refractivity contribution is 5.68. The van der Waals surface area contributed by atoms with E-state index in [1.165, 1.54) is 38.2 Å². The zero-order valence-electron chi connectivity index (χ0n) is 22.7. The first-order valence-electron chi connectivity index (χ1n) is 14.1. The van der Waals surface area contributed by atoms with Gasteiger partial charge < -0.3 is 4.74 Å². The Balaban J connectivity index is 1.34. The van der Waals surface area contributed by atoms with Gasteiger partial charge in [-0.05, 0) is 67.4 Å². The van der Waals surface area contributed by atoms with Crippen LogP contribution in [0.4, 0.5) is 13.2 Å². The Morgan fingerprint density at radius 2 is 1.50 bits per heavy atom. The maximum Gasteiger partial charge on any atom is 0.166 e. The Morgan fingerprint density at radius 3 is 2.18 bits per heavy atom. The molecular formula is C34H39F3O. The predicted molar refractivity (Wildman–Crippen MR) is 151 cm³/mol. The Kier molecular flexibility index (Phi) is 10.1. The highest BCUT2D eigenvalue weighted by Gasteiger charge is 2.24. The molecule has 0 heterocycles. The Labute approximate surface area is 225 Å². The van der Waals surface area contributed by atoms with E-state index in [2.05, 4.69) is 6.92 Å². The number of aryl methyl sites for hydroxylation is 1. The summed E-state index contributed by atoms with van der Waals surface area (Å²) in [5.41, 5.74) is 3.87. The van der Waals surface area contributed by atoms with Crippen molar-refractivity contribution in [3.8, 4) is 16.9 Å². The van der Waals surface area contributed by atoms with Crippen LogP contribution < -0.4 is 4.74 Å². The summed E-state index contributed by atoms with van der Waals surface area (Å²) in [6, 6.07) is 15.8. The molecule has 38 heavy (non-hydrogen) atoms. The number of hydrogen-bond donors (Lipinski definition) is 0. The van der Waals surface area contributed by atoms with Gasteiger partial charge in [0.25, 0.3) is 0 Å². The molecule has 3 aromatic rings. The van der Waals surface area contributed by atoms with E-state index in [1.807, 2.05) is 43.3 Å². The molecule has 4 rings (SSSR count). The molecule has 202 valence electrons. The fourth-order valence-corrected chi connectivity index (χ4v) is 5.29. The molecule has 0 bridgehead atoms. The number of hydrogen-bond acceptors (Lipinski definition) is 1. The number of unbranched alkanes of at least 4 members (excludes halogenated alkanes) is 6. The van der Waals surface area contributed by atoms with Crippen molar-refractivity contribution in [1.82, 2.24) is 0 Å². The third kappa shape index (κ3) is 7.09. The fourth-order valence-electron chi connectivity index (χ4n) is 5.29. The Hall–Kier alpha value is -3.01. The number of ether oxygens (including phenoxy) is 1. The minimum Gasteiger partial charge on any atom is -0.493 e. The van der Waals surface area contributed by atoms with Crippen LogP contribution in [0.3, 0.4) is 0 Å². The number of halogens is 3. The van der Waals surface area contributed by atoms with Crippen molar-refractivity contribution < 1.29 is 17.9 Å². The summed E-state index contributed by atoms with van der Waals surface area (Å²) in [5, 5.41) is 0. The minimum absolute atomic E-state index is 0.132. The van der Waals surface area contributed by atoms with Gasteiger partial charge in [-0.2, -0.15) is 0 Å². The van der Waals surface area contributed by atoms with Crippen molar-refractivity contribution in [3.63, 3.8) is 0 Å². The average molecular weight is 521 g/mol. The van der Waals surface area contributed by atoms with Gasteiger partial charge in [0, 0.05) is 17.2 Å². The van der Waals surface area contributed by atoms with Gasteiger partial charge in [-0.1, -0.05) is 93.5 Å². The maximum absolute atomic E-state index is 15.1. The molecule has 1 aliphatic rings. The van der Waals surface area contributed by atoms with E-state index < -0.39 is 11.6 Å². The highest BCUT2D eigenvalue weighted by atomic mass is 19.2. The lowest BCUT2D eigenvalue weighted by molar-refractivity contribution is 0.303. The normalized spacial score (nSPS) is 15.4. The van der Waals surface area contributed by atoms with Crippen molar-refractivity contribution in [3.05, 3.63) is 94.8 Å². The molecule has 0 radical (unpaired) electrons. The van der Waals surface area contributed by atoms with Crippen molar-refractivity contribution in [1.29, 1.82) is 0 Å². The first-order chi connectivity index (χ1) is 18.5. The summed E-state index contributed by atoms with van der Waals surface area (Å²) in [6.07, 6.45) is 12.2. The molecule has 0 aromatic heterocycles. The fraction of sp³-hybridized carbons (Fsp3) is 0.412. The van der Waals surface area contributed by atoms with Gasteiger partial charge >= 0.3 is 0 Å². The summed E-state index contributed by atoms with van der Waals surface area (Å²) in [4.78, 5) is 0. The standard InChI is InChI=1S/C34H39F3O/c1-3-4-5-6-7-8-9-22-38-28-18-19-29(32(35)23-28)25-14-16-27(17-15-25)31-21-20-30(33(36)34(31)37)26-12-10-24(2)11-13-26/h10-14,18-21,23,27H,3-9,15-17,22H2,1-2H3. The van der Waals surface area contributed by atoms with Crippen LogP contribution >= 0.6 is 0 Å². The van der Waals surface area contributed by atoms with Crippen LogP contribution in [0.2, 0.25) is 0 Å². The Bertz CT molecular complexity index is 1230. The first-order valence-corrected chi connectivity index (χ1v) is 14.1. The first kappa shape index (κ1) is 28.0. The average Bonchev–Trinajstić information content (AvgIpc) is 2.93. The van der Waals surface area contributed by atoms with Gasteiger partial charge in [0.15, 0.2) is 11.6 Å². The molecule has 0 aliphatic heterocycles. The zero-order valence-corrected chi connectivity index (χ0v) is 22.7. The molecule has 0 spiro atoms. The van der Waals surface area contributed by atoms with Crippen LogP contribution in [0, 0.1) is 24.4 Å². The van der Waals surface area contributed by atoms with Gasteiger partial charge in [-0.3, -0.25) is 0 Å². The smallest absolute Gasteiger partial charge is 0.166 e. The van der Waals surface area contributed by atoms with E-state index in [0.717, 1.165) is 24.0 Å². The maximum atomic E-state index is 15.1. The molecule has 3 aromatic carbocycles. The molecule has 1 unspecified atom stereocenters. The second-order valence-corrected chi connectivity index (χ2v) is 10.5. The second-order valence-electron chi connectivity index (χ2n) is 10.5. The lowest BCUT2D eigenvalue weighted by Crippen LogP contribution is -2.08. The molecule has 1 nitrogen and oxygen atoms in total. The minimum atomic E-state index is -0.806. The van der Waals surface area contributed by atoms with Crippen molar-refractivity contribution in [2.45, 2.75) is 84.0 Å². The Morgan fingerprint density at radius 1 is 0.789 bits per heavy atom. The van der Waals surface area contributed by atoms with Crippen molar-refractivity contribution in [2.24, 2.45) is 0 Å². The monoisotopic (exact) mass is 520 g/mol. The molecule has 0 amide bonds. The van der Waals surface area contributed by atoms with Crippen LogP contribution in [0.1, 0.15) is 93.7 Å².